The number of likely N-dealkylation sites (N-methyl/N-ethyl adjacent to an activating group) is 2. The molecule has 2 fully saturated rings. The van der Waals surface area contributed by atoms with E-state index in [-0.39, 0.29) is 0 Å². The van der Waals surface area contributed by atoms with E-state index in [1.807, 2.05) is 0 Å². The minimum absolute atomic E-state index is 0.453. The van der Waals surface area contributed by atoms with E-state index < -0.39 is 0 Å². The first-order chi connectivity index (χ1) is 8.03. The van der Waals surface area contributed by atoms with Crippen molar-refractivity contribution in [2.24, 2.45) is 11.7 Å². The third kappa shape index (κ3) is 2.83. The average Bonchev–Trinajstić information content (AvgIpc) is 2.58. The lowest BCUT2D eigenvalue weighted by molar-refractivity contribution is 0.0237. The van der Waals surface area contributed by atoms with Crippen molar-refractivity contribution in [3.8, 4) is 0 Å². The normalized spacial score (nSPS) is 32.1. The Morgan fingerprint density at radius 1 is 1.12 bits per heavy atom. The number of nitrogens with zero attached hydrogens (tertiary/aromatic N) is 2. The molecule has 0 aromatic rings. The lowest BCUT2D eigenvalue weighted by Crippen LogP contribution is -2.57. The molecule has 2 saturated carbocycles. The minimum atomic E-state index is 0.453. The summed E-state index contributed by atoms with van der Waals surface area (Å²) in [5, 5.41) is 0. The van der Waals surface area contributed by atoms with Gasteiger partial charge in [0, 0.05) is 24.7 Å². The van der Waals surface area contributed by atoms with Gasteiger partial charge in [0.05, 0.1) is 0 Å². The summed E-state index contributed by atoms with van der Waals surface area (Å²) >= 11 is 0. The summed E-state index contributed by atoms with van der Waals surface area (Å²) in [4.78, 5) is 4.95. The Bertz CT molecular complexity index is 248. The summed E-state index contributed by atoms with van der Waals surface area (Å²) in [6.07, 6.45) is 8.02. The molecule has 0 radical (unpaired) electrons. The molecule has 0 aromatic heterocycles. The second-order valence-corrected chi connectivity index (χ2v) is 6.52. The molecule has 0 bridgehead atoms. The lowest BCUT2D eigenvalue weighted by atomic mass is 9.75. The summed E-state index contributed by atoms with van der Waals surface area (Å²) in [5.74, 6) is 0.735. The summed E-state index contributed by atoms with van der Waals surface area (Å²) in [5.41, 5.74) is 6.62. The highest BCUT2D eigenvalue weighted by Crippen LogP contribution is 2.37. The Morgan fingerprint density at radius 3 is 2.24 bits per heavy atom. The van der Waals surface area contributed by atoms with E-state index in [2.05, 4.69) is 30.9 Å². The fraction of sp³-hybridized carbons (Fsp3) is 1.00. The number of rotatable bonds is 5. The van der Waals surface area contributed by atoms with Crippen molar-refractivity contribution in [1.29, 1.82) is 0 Å². The Balaban J connectivity index is 1.82. The molecule has 3 nitrogen and oxygen atoms in total. The highest BCUT2D eigenvalue weighted by atomic mass is 15.2. The van der Waals surface area contributed by atoms with E-state index in [1.54, 1.807) is 0 Å². The second-order valence-electron chi connectivity index (χ2n) is 6.52. The van der Waals surface area contributed by atoms with Gasteiger partial charge in [-0.25, -0.2) is 0 Å². The fourth-order valence-electron chi connectivity index (χ4n) is 3.59. The van der Waals surface area contributed by atoms with Crippen LogP contribution in [0.1, 0.15) is 38.5 Å². The van der Waals surface area contributed by atoms with Crippen LogP contribution in [0, 0.1) is 5.92 Å². The molecule has 3 heteroatoms. The quantitative estimate of drug-likeness (QED) is 0.790. The van der Waals surface area contributed by atoms with Gasteiger partial charge in [0.1, 0.15) is 0 Å². The zero-order valence-corrected chi connectivity index (χ0v) is 11.8. The van der Waals surface area contributed by atoms with Crippen molar-refractivity contribution in [3.05, 3.63) is 0 Å². The van der Waals surface area contributed by atoms with Crippen LogP contribution in [0.25, 0.3) is 0 Å². The molecule has 0 aromatic carbocycles. The van der Waals surface area contributed by atoms with E-state index >= 15 is 0 Å². The molecule has 0 amide bonds. The maximum Gasteiger partial charge on any atom is 0.0330 e. The van der Waals surface area contributed by atoms with Gasteiger partial charge in [-0.3, -0.25) is 0 Å². The van der Waals surface area contributed by atoms with Gasteiger partial charge in [-0.15, -0.1) is 0 Å². The topological polar surface area (TPSA) is 32.5 Å². The Kier molecular flexibility index (Phi) is 4.11. The van der Waals surface area contributed by atoms with Gasteiger partial charge in [0.2, 0.25) is 0 Å². The van der Waals surface area contributed by atoms with E-state index in [9.17, 15) is 0 Å². The van der Waals surface area contributed by atoms with Crippen LogP contribution in [0.4, 0.5) is 0 Å². The van der Waals surface area contributed by atoms with Crippen LogP contribution < -0.4 is 5.73 Å². The van der Waals surface area contributed by atoms with Crippen molar-refractivity contribution < 1.29 is 0 Å². The van der Waals surface area contributed by atoms with Crippen molar-refractivity contribution in [1.82, 2.24) is 9.80 Å². The summed E-state index contributed by atoms with van der Waals surface area (Å²) in [6.45, 7) is 2.40. The summed E-state index contributed by atoms with van der Waals surface area (Å²) in [6, 6.07) is 0.453. The smallest absolute Gasteiger partial charge is 0.0330 e. The van der Waals surface area contributed by atoms with Gasteiger partial charge >= 0.3 is 0 Å². The van der Waals surface area contributed by atoms with E-state index in [1.165, 1.54) is 51.6 Å². The monoisotopic (exact) mass is 239 g/mol. The van der Waals surface area contributed by atoms with Crippen molar-refractivity contribution in [3.63, 3.8) is 0 Å². The van der Waals surface area contributed by atoms with Crippen LogP contribution in [-0.4, -0.2) is 55.6 Å². The number of hydrogen-bond acceptors (Lipinski definition) is 3. The molecule has 2 rings (SSSR count). The lowest BCUT2D eigenvalue weighted by Gasteiger charge is -2.49. The summed E-state index contributed by atoms with van der Waals surface area (Å²) < 4.78 is 0. The predicted molar refractivity (Wildman–Crippen MR) is 73.1 cm³/mol. The molecule has 0 aliphatic heterocycles. The second kappa shape index (κ2) is 5.25. The van der Waals surface area contributed by atoms with Gasteiger partial charge in [0.25, 0.3) is 0 Å². The van der Waals surface area contributed by atoms with Crippen LogP contribution in [0.3, 0.4) is 0 Å². The standard InChI is InChI=1S/C14H29N3/c1-16(2)14(8-5-9-14)11-17(3)10-12-6-4-7-13(12)15/h12-13H,4-11,15H2,1-3H3. The van der Waals surface area contributed by atoms with E-state index in [0.29, 0.717) is 11.6 Å². The number of hydrogen-bond donors (Lipinski definition) is 1. The molecule has 2 unspecified atom stereocenters. The van der Waals surface area contributed by atoms with Gasteiger partial charge < -0.3 is 15.5 Å². The van der Waals surface area contributed by atoms with Crippen molar-refractivity contribution in [2.45, 2.75) is 50.1 Å². The van der Waals surface area contributed by atoms with Gasteiger partial charge in [-0.05, 0) is 59.2 Å². The number of nitrogens with two attached hydrogens (primary N) is 1. The maximum absolute atomic E-state index is 6.16. The maximum atomic E-state index is 6.16. The Hall–Kier alpha value is -0.120. The Morgan fingerprint density at radius 2 is 1.82 bits per heavy atom. The van der Waals surface area contributed by atoms with Crippen molar-refractivity contribution in [2.75, 3.05) is 34.2 Å². The molecule has 2 aliphatic carbocycles. The highest BCUT2D eigenvalue weighted by molar-refractivity contribution is 4.98. The molecule has 2 N–H and O–H groups in total. The molecule has 0 spiro atoms. The molecule has 0 saturated heterocycles. The van der Waals surface area contributed by atoms with E-state index in [0.717, 1.165) is 5.92 Å². The zero-order chi connectivity index (χ0) is 12.5. The minimum Gasteiger partial charge on any atom is -0.327 e. The molecule has 100 valence electrons. The average molecular weight is 239 g/mol. The van der Waals surface area contributed by atoms with Gasteiger partial charge in [0.15, 0.2) is 0 Å². The molecule has 0 heterocycles. The predicted octanol–water partition coefficient (Wildman–Crippen LogP) is 1.53. The first kappa shape index (κ1) is 13.3. The van der Waals surface area contributed by atoms with Crippen LogP contribution in [0.15, 0.2) is 0 Å². The Labute approximate surface area is 106 Å². The molecule has 17 heavy (non-hydrogen) atoms. The largest absolute Gasteiger partial charge is 0.327 e. The third-order valence-corrected chi connectivity index (χ3v) is 5.06. The molecule has 2 aliphatic rings. The van der Waals surface area contributed by atoms with Crippen LogP contribution in [0.5, 0.6) is 0 Å². The zero-order valence-electron chi connectivity index (χ0n) is 11.8. The van der Waals surface area contributed by atoms with Crippen LogP contribution in [-0.2, 0) is 0 Å². The summed E-state index contributed by atoms with van der Waals surface area (Å²) in [7, 11) is 6.73. The highest BCUT2D eigenvalue weighted by Gasteiger charge is 2.40. The van der Waals surface area contributed by atoms with Crippen LogP contribution in [0.2, 0.25) is 0 Å². The first-order valence-corrected chi connectivity index (χ1v) is 7.15. The van der Waals surface area contributed by atoms with E-state index in [4.69, 9.17) is 5.73 Å². The third-order valence-electron chi connectivity index (χ3n) is 5.06. The molecule has 2 atom stereocenters. The fourth-order valence-corrected chi connectivity index (χ4v) is 3.59. The van der Waals surface area contributed by atoms with Gasteiger partial charge in [-0.1, -0.05) is 6.42 Å². The first-order valence-electron chi connectivity index (χ1n) is 7.15. The van der Waals surface area contributed by atoms with Crippen LogP contribution >= 0.6 is 0 Å². The molecular weight excluding hydrogens is 210 g/mol. The van der Waals surface area contributed by atoms with Gasteiger partial charge in [-0.2, -0.15) is 0 Å². The van der Waals surface area contributed by atoms with Crippen molar-refractivity contribution >= 4 is 0 Å². The SMILES string of the molecule is CN(CC1CCCC1N)CC1(N(C)C)CCC1. The molecular formula is C14H29N3.